The summed E-state index contributed by atoms with van der Waals surface area (Å²) in [6, 6.07) is 0. The smallest absolute Gasteiger partial charge is 0.320 e. The minimum absolute atomic E-state index is 0.0134. The molecule has 25 heavy (non-hydrogen) atoms. The van der Waals surface area contributed by atoms with E-state index in [0.29, 0.717) is 0 Å². The van der Waals surface area contributed by atoms with Crippen molar-refractivity contribution in [3.05, 3.63) is 0 Å². The SMILES string of the molecule is CCOC(=O)C(C(=O)O)C(CC(C)C)C(C(=O)OCC)C(=O)OCC. The van der Waals surface area contributed by atoms with Crippen molar-refractivity contribution in [2.45, 2.75) is 41.0 Å². The third-order valence-electron chi connectivity index (χ3n) is 3.49. The molecule has 0 saturated carbocycles. The summed E-state index contributed by atoms with van der Waals surface area (Å²) in [7, 11) is 0. The van der Waals surface area contributed by atoms with Gasteiger partial charge in [-0.15, -0.1) is 0 Å². The summed E-state index contributed by atoms with van der Waals surface area (Å²) >= 11 is 0. The van der Waals surface area contributed by atoms with Gasteiger partial charge in [-0.25, -0.2) is 0 Å². The van der Waals surface area contributed by atoms with Crippen molar-refractivity contribution in [1.29, 1.82) is 0 Å². The third kappa shape index (κ3) is 7.11. The van der Waals surface area contributed by atoms with Crippen LogP contribution in [-0.2, 0) is 33.4 Å². The van der Waals surface area contributed by atoms with Gasteiger partial charge in [0.05, 0.1) is 19.8 Å². The maximum atomic E-state index is 12.3. The molecule has 2 unspecified atom stereocenters. The van der Waals surface area contributed by atoms with Crippen LogP contribution in [0.25, 0.3) is 0 Å². The highest BCUT2D eigenvalue weighted by Crippen LogP contribution is 2.32. The molecule has 0 spiro atoms. The number of rotatable bonds is 11. The van der Waals surface area contributed by atoms with Crippen LogP contribution in [0.1, 0.15) is 41.0 Å². The number of carbonyl (C=O) groups is 4. The van der Waals surface area contributed by atoms with Gasteiger partial charge < -0.3 is 19.3 Å². The van der Waals surface area contributed by atoms with E-state index in [1.807, 2.05) is 0 Å². The van der Waals surface area contributed by atoms with Crippen LogP contribution in [0.2, 0.25) is 0 Å². The normalized spacial score (nSPS) is 13.2. The summed E-state index contributed by atoms with van der Waals surface area (Å²) in [6.07, 6.45) is 0.137. The van der Waals surface area contributed by atoms with Crippen molar-refractivity contribution in [3.8, 4) is 0 Å². The molecule has 0 aliphatic rings. The molecule has 0 radical (unpaired) electrons. The first-order chi connectivity index (χ1) is 11.7. The van der Waals surface area contributed by atoms with Gasteiger partial charge in [0.1, 0.15) is 0 Å². The predicted molar refractivity (Wildman–Crippen MR) is 87.5 cm³/mol. The minimum atomic E-state index is -1.67. The van der Waals surface area contributed by atoms with Gasteiger partial charge in [-0.2, -0.15) is 0 Å². The number of carboxylic acid groups (broad SMARTS) is 1. The number of ether oxygens (including phenoxy) is 3. The van der Waals surface area contributed by atoms with Crippen molar-refractivity contribution in [3.63, 3.8) is 0 Å². The Bertz CT molecular complexity index is 453. The highest BCUT2D eigenvalue weighted by molar-refractivity contribution is 5.99. The molecule has 0 aromatic heterocycles. The summed E-state index contributed by atoms with van der Waals surface area (Å²) in [4.78, 5) is 48.5. The van der Waals surface area contributed by atoms with Crippen molar-refractivity contribution in [1.82, 2.24) is 0 Å². The van der Waals surface area contributed by atoms with Gasteiger partial charge in [0.15, 0.2) is 11.8 Å². The summed E-state index contributed by atoms with van der Waals surface area (Å²) in [5.74, 6) is -8.62. The second kappa shape index (κ2) is 11.4. The lowest BCUT2D eigenvalue weighted by molar-refractivity contribution is -0.171. The number of hydrogen-bond donors (Lipinski definition) is 1. The van der Waals surface area contributed by atoms with Crippen LogP contribution in [0, 0.1) is 23.7 Å². The first-order valence-electron chi connectivity index (χ1n) is 8.43. The van der Waals surface area contributed by atoms with E-state index in [2.05, 4.69) is 0 Å². The van der Waals surface area contributed by atoms with E-state index in [1.54, 1.807) is 34.6 Å². The van der Waals surface area contributed by atoms with Crippen LogP contribution >= 0.6 is 0 Å². The van der Waals surface area contributed by atoms with E-state index in [0.717, 1.165) is 0 Å². The van der Waals surface area contributed by atoms with Gasteiger partial charge >= 0.3 is 23.9 Å². The minimum Gasteiger partial charge on any atom is -0.481 e. The Labute approximate surface area is 147 Å². The van der Waals surface area contributed by atoms with Crippen LogP contribution in [0.4, 0.5) is 0 Å². The van der Waals surface area contributed by atoms with Crippen molar-refractivity contribution in [2.24, 2.45) is 23.7 Å². The zero-order chi connectivity index (χ0) is 19.6. The summed E-state index contributed by atoms with van der Waals surface area (Å²) in [6.45, 7) is 8.29. The molecule has 0 aromatic rings. The Kier molecular flexibility index (Phi) is 10.5. The molecule has 0 fully saturated rings. The first kappa shape index (κ1) is 22.9. The number of carbonyl (C=O) groups excluding carboxylic acids is 3. The summed E-state index contributed by atoms with van der Waals surface area (Å²) < 4.78 is 14.7. The predicted octanol–water partition coefficient (Wildman–Crippen LogP) is 1.65. The molecule has 0 aromatic carbocycles. The molecule has 1 N–H and O–H groups in total. The first-order valence-corrected chi connectivity index (χ1v) is 8.43. The van der Waals surface area contributed by atoms with Gasteiger partial charge in [-0.1, -0.05) is 13.8 Å². The molecule has 0 bridgehead atoms. The van der Waals surface area contributed by atoms with Crippen LogP contribution in [-0.4, -0.2) is 48.8 Å². The Morgan fingerprint density at radius 1 is 0.760 bits per heavy atom. The Morgan fingerprint density at radius 3 is 1.40 bits per heavy atom. The van der Waals surface area contributed by atoms with Crippen LogP contribution in [0.5, 0.6) is 0 Å². The maximum absolute atomic E-state index is 12.3. The van der Waals surface area contributed by atoms with E-state index >= 15 is 0 Å². The van der Waals surface area contributed by atoms with Gasteiger partial charge in [-0.3, -0.25) is 19.2 Å². The van der Waals surface area contributed by atoms with Gasteiger partial charge in [0.2, 0.25) is 0 Å². The van der Waals surface area contributed by atoms with E-state index in [9.17, 15) is 24.3 Å². The molecule has 2 atom stereocenters. The van der Waals surface area contributed by atoms with Crippen molar-refractivity contribution >= 4 is 23.9 Å². The molecule has 0 aliphatic heterocycles. The lowest BCUT2D eigenvalue weighted by Gasteiger charge is -2.29. The summed E-state index contributed by atoms with van der Waals surface area (Å²) in [5, 5.41) is 9.52. The highest BCUT2D eigenvalue weighted by atomic mass is 16.6. The average Bonchev–Trinajstić information content (AvgIpc) is 2.47. The monoisotopic (exact) mass is 360 g/mol. The van der Waals surface area contributed by atoms with E-state index in [-0.39, 0.29) is 32.2 Å². The fourth-order valence-corrected chi connectivity index (χ4v) is 2.61. The van der Waals surface area contributed by atoms with Crippen LogP contribution in [0.15, 0.2) is 0 Å². The second-order valence-electron chi connectivity index (χ2n) is 5.84. The third-order valence-corrected chi connectivity index (χ3v) is 3.49. The molecule has 0 rings (SSSR count). The molecule has 144 valence electrons. The molecule has 0 saturated heterocycles. The topological polar surface area (TPSA) is 116 Å². The van der Waals surface area contributed by atoms with Gasteiger partial charge in [0.25, 0.3) is 0 Å². The van der Waals surface area contributed by atoms with Crippen molar-refractivity contribution < 1.29 is 38.5 Å². The highest BCUT2D eigenvalue weighted by Gasteiger charge is 2.48. The fraction of sp³-hybridized carbons (Fsp3) is 0.765. The fourth-order valence-electron chi connectivity index (χ4n) is 2.61. The molecule has 0 heterocycles. The lowest BCUT2D eigenvalue weighted by atomic mass is 9.76. The molecule has 0 amide bonds. The van der Waals surface area contributed by atoms with Crippen LogP contribution in [0.3, 0.4) is 0 Å². The Balaban J connectivity index is 5.99. The molecule has 0 aliphatic carbocycles. The number of aliphatic carboxylic acids is 1. The largest absolute Gasteiger partial charge is 0.481 e. The van der Waals surface area contributed by atoms with Crippen molar-refractivity contribution in [2.75, 3.05) is 19.8 Å². The standard InChI is InChI=1S/C17H28O8/c1-6-23-15(20)12(14(18)19)11(9-10(4)5)13(16(21)24-7-2)17(22)25-8-3/h10-13H,6-9H2,1-5H3,(H,18,19). The van der Waals surface area contributed by atoms with E-state index in [1.165, 1.54) is 0 Å². The lowest BCUT2D eigenvalue weighted by Crippen LogP contribution is -2.44. The molecule has 8 heteroatoms. The summed E-state index contributed by atoms with van der Waals surface area (Å²) in [5.41, 5.74) is 0. The quantitative estimate of drug-likeness (QED) is 0.336. The molecular weight excluding hydrogens is 332 g/mol. The van der Waals surface area contributed by atoms with E-state index < -0.39 is 41.6 Å². The zero-order valence-electron chi connectivity index (χ0n) is 15.4. The zero-order valence-corrected chi connectivity index (χ0v) is 15.4. The number of hydrogen-bond acceptors (Lipinski definition) is 7. The average molecular weight is 360 g/mol. The molecular formula is C17H28O8. The Morgan fingerprint density at radius 2 is 1.12 bits per heavy atom. The maximum Gasteiger partial charge on any atom is 0.320 e. The van der Waals surface area contributed by atoms with E-state index in [4.69, 9.17) is 14.2 Å². The number of esters is 3. The van der Waals surface area contributed by atoms with Gasteiger partial charge in [-0.05, 0) is 33.1 Å². The van der Waals surface area contributed by atoms with Gasteiger partial charge in [0, 0.05) is 5.92 Å². The molecule has 8 nitrogen and oxygen atoms in total. The van der Waals surface area contributed by atoms with Crippen LogP contribution < -0.4 is 0 Å². The number of carboxylic acids is 1. The Hall–Kier alpha value is -2.12. The second-order valence-corrected chi connectivity index (χ2v) is 5.84.